The molecule has 0 bridgehead atoms. The molecule has 0 amide bonds. The monoisotopic (exact) mass is 297 g/mol. The average Bonchev–Trinajstić information content (AvgIpc) is 2.75. The Bertz CT molecular complexity index is 430. The Hall–Kier alpha value is -0.420. The normalized spacial score (nSPS) is 25.8. The van der Waals surface area contributed by atoms with Crippen molar-refractivity contribution in [1.82, 2.24) is 5.32 Å². The lowest BCUT2D eigenvalue weighted by Crippen LogP contribution is -2.46. The van der Waals surface area contributed by atoms with Crippen LogP contribution in [-0.4, -0.2) is 24.4 Å². The first-order valence-corrected chi connectivity index (χ1v) is 8.29. The molecule has 0 spiro atoms. The molecule has 4 heteroatoms. The zero-order valence-electron chi connectivity index (χ0n) is 12.9. The molecule has 2 rings (SSSR count). The van der Waals surface area contributed by atoms with Gasteiger partial charge in [0.15, 0.2) is 0 Å². The summed E-state index contributed by atoms with van der Waals surface area (Å²) < 4.78 is 5.13. The van der Waals surface area contributed by atoms with Crippen LogP contribution < -0.4 is 5.32 Å². The van der Waals surface area contributed by atoms with E-state index in [1.807, 2.05) is 0 Å². The van der Waals surface area contributed by atoms with E-state index in [1.165, 1.54) is 16.9 Å². The second-order valence-electron chi connectivity index (χ2n) is 6.88. The lowest BCUT2D eigenvalue weighted by atomic mass is 9.70. The summed E-state index contributed by atoms with van der Waals surface area (Å²) in [6.07, 6.45) is 4.16. The number of hydrogen-bond acceptors (Lipinski definition) is 4. The Morgan fingerprint density at radius 2 is 2.20 bits per heavy atom. The van der Waals surface area contributed by atoms with Crippen molar-refractivity contribution >= 4 is 11.3 Å². The number of methoxy groups -OCH3 is 1. The van der Waals surface area contributed by atoms with Gasteiger partial charge in [-0.1, -0.05) is 20.3 Å². The van der Waals surface area contributed by atoms with E-state index in [1.54, 1.807) is 18.4 Å². The fourth-order valence-corrected chi connectivity index (χ4v) is 4.14. The molecule has 1 heterocycles. The molecule has 0 aliphatic heterocycles. The smallest absolute Gasteiger partial charge is 0.0776 e. The van der Waals surface area contributed by atoms with Crippen LogP contribution in [0.5, 0.6) is 0 Å². The van der Waals surface area contributed by atoms with E-state index in [-0.39, 0.29) is 5.41 Å². The summed E-state index contributed by atoms with van der Waals surface area (Å²) in [5, 5.41) is 16.3. The molecule has 1 atom stereocenters. The predicted octanol–water partition coefficient (Wildman–Crippen LogP) is 3.32. The molecule has 0 radical (unpaired) electrons. The third-order valence-corrected chi connectivity index (χ3v) is 5.06. The summed E-state index contributed by atoms with van der Waals surface area (Å²) in [6.45, 7) is 6.71. The van der Waals surface area contributed by atoms with Crippen LogP contribution in [0.2, 0.25) is 0 Å². The molecule has 0 aromatic carbocycles. The van der Waals surface area contributed by atoms with Crippen molar-refractivity contribution in [2.75, 3.05) is 13.7 Å². The predicted molar refractivity (Wildman–Crippen MR) is 83.9 cm³/mol. The fraction of sp³-hybridized carbons (Fsp3) is 0.750. The first-order valence-electron chi connectivity index (χ1n) is 7.41. The standard InChI is InChI=1S/C16H27NO2S/c1-15(2)5-4-6-16(18,11-15)12-17-8-14-7-13(9-19-3)10-20-14/h7,10,17-18H,4-6,8-9,11-12H2,1-3H3. The lowest BCUT2D eigenvalue weighted by Gasteiger charge is -2.41. The van der Waals surface area contributed by atoms with Gasteiger partial charge in [-0.25, -0.2) is 0 Å². The maximum atomic E-state index is 10.7. The van der Waals surface area contributed by atoms with Gasteiger partial charge in [-0.15, -0.1) is 11.3 Å². The summed E-state index contributed by atoms with van der Waals surface area (Å²) in [4.78, 5) is 1.30. The highest BCUT2D eigenvalue weighted by atomic mass is 32.1. The van der Waals surface area contributed by atoms with Gasteiger partial charge in [0.25, 0.3) is 0 Å². The Labute approximate surface area is 126 Å². The van der Waals surface area contributed by atoms with Crippen LogP contribution in [0.4, 0.5) is 0 Å². The topological polar surface area (TPSA) is 41.5 Å². The zero-order valence-corrected chi connectivity index (χ0v) is 13.7. The quantitative estimate of drug-likeness (QED) is 0.846. The van der Waals surface area contributed by atoms with Crippen molar-refractivity contribution < 1.29 is 9.84 Å². The van der Waals surface area contributed by atoms with Gasteiger partial charge >= 0.3 is 0 Å². The fourth-order valence-electron chi connectivity index (χ4n) is 3.29. The van der Waals surface area contributed by atoms with E-state index in [0.717, 1.165) is 25.8 Å². The van der Waals surface area contributed by atoms with Gasteiger partial charge < -0.3 is 15.2 Å². The van der Waals surface area contributed by atoms with Crippen LogP contribution in [0.15, 0.2) is 11.4 Å². The second-order valence-corrected chi connectivity index (χ2v) is 7.87. The third kappa shape index (κ3) is 4.55. The highest BCUT2D eigenvalue weighted by Crippen LogP contribution is 2.40. The molecule has 1 saturated carbocycles. The molecular formula is C16H27NO2S. The molecular weight excluding hydrogens is 270 g/mol. The van der Waals surface area contributed by atoms with Crippen molar-refractivity contribution in [3.8, 4) is 0 Å². The molecule has 1 fully saturated rings. The Morgan fingerprint density at radius 3 is 2.90 bits per heavy atom. The van der Waals surface area contributed by atoms with E-state index < -0.39 is 5.60 Å². The number of thiophene rings is 1. The number of aliphatic hydroxyl groups is 1. The van der Waals surface area contributed by atoms with Gasteiger partial charge in [0.2, 0.25) is 0 Å². The molecule has 3 nitrogen and oxygen atoms in total. The number of hydrogen-bond donors (Lipinski definition) is 2. The van der Waals surface area contributed by atoms with E-state index in [4.69, 9.17) is 4.74 Å². The zero-order chi connectivity index (χ0) is 14.6. The van der Waals surface area contributed by atoms with E-state index >= 15 is 0 Å². The van der Waals surface area contributed by atoms with E-state index in [0.29, 0.717) is 13.2 Å². The molecule has 20 heavy (non-hydrogen) atoms. The van der Waals surface area contributed by atoms with Crippen molar-refractivity contribution in [3.63, 3.8) is 0 Å². The molecule has 114 valence electrons. The van der Waals surface area contributed by atoms with Gasteiger partial charge in [0.05, 0.1) is 12.2 Å². The van der Waals surface area contributed by atoms with Gasteiger partial charge in [-0.05, 0) is 41.7 Å². The van der Waals surface area contributed by atoms with Gasteiger partial charge in [0.1, 0.15) is 0 Å². The van der Waals surface area contributed by atoms with Crippen LogP contribution in [0.3, 0.4) is 0 Å². The van der Waals surface area contributed by atoms with Crippen LogP contribution >= 0.6 is 11.3 Å². The SMILES string of the molecule is COCc1csc(CNCC2(O)CCCC(C)(C)C2)c1. The van der Waals surface area contributed by atoms with Gasteiger partial charge in [-0.3, -0.25) is 0 Å². The van der Waals surface area contributed by atoms with Crippen molar-refractivity contribution in [2.24, 2.45) is 5.41 Å². The molecule has 1 aromatic heterocycles. The molecule has 0 saturated heterocycles. The number of nitrogens with one attached hydrogen (secondary N) is 1. The Morgan fingerprint density at radius 1 is 1.40 bits per heavy atom. The number of ether oxygens (including phenoxy) is 1. The highest BCUT2D eigenvalue weighted by molar-refractivity contribution is 7.10. The van der Waals surface area contributed by atoms with Gasteiger partial charge in [-0.2, -0.15) is 0 Å². The van der Waals surface area contributed by atoms with Crippen molar-refractivity contribution in [2.45, 2.75) is 58.3 Å². The van der Waals surface area contributed by atoms with Gasteiger partial charge in [0, 0.05) is 25.1 Å². The number of rotatable bonds is 6. The maximum Gasteiger partial charge on any atom is 0.0776 e. The first kappa shape index (κ1) is 16.0. The summed E-state index contributed by atoms with van der Waals surface area (Å²) in [6, 6.07) is 2.18. The Balaban J connectivity index is 1.79. The minimum Gasteiger partial charge on any atom is -0.389 e. The average molecular weight is 297 g/mol. The summed E-state index contributed by atoms with van der Waals surface area (Å²) in [7, 11) is 1.72. The molecule has 1 aromatic rings. The van der Waals surface area contributed by atoms with E-state index in [2.05, 4.69) is 30.6 Å². The summed E-state index contributed by atoms with van der Waals surface area (Å²) >= 11 is 1.75. The molecule has 2 N–H and O–H groups in total. The third-order valence-electron chi connectivity index (χ3n) is 4.08. The maximum absolute atomic E-state index is 10.7. The second kappa shape index (κ2) is 6.56. The molecule has 1 aliphatic rings. The van der Waals surface area contributed by atoms with Crippen molar-refractivity contribution in [3.05, 3.63) is 21.9 Å². The lowest BCUT2D eigenvalue weighted by molar-refractivity contribution is -0.0374. The van der Waals surface area contributed by atoms with Crippen LogP contribution in [0, 0.1) is 5.41 Å². The Kier molecular flexibility index (Phi) is 5.24. The molecule has 1 unspecified atom stereocenters. The molecule has 1 aliphatic carbocycles. The largest absolute Gasteiger partial charge is 0.389 e. The summed E-state index contributed by atoms with van der Waals surface area (Å²) in [5.74, 6) is 0. The first-order chi connectivity index (χ1) is 9.42. The summed E-state index contributed by atoms with van der Waals surface area (Å²) in [5.41, 5.74) is 0.962. The highest BCUT2D eigenvalue weighted by Gasteiger charge is 2.37. The van der Waals surface area contributed by atoms with Crippen LogP contribution in [0.1, 0.15) is 50.0 Å². The van der Waals surface area contributed by atoms with Crippen LogP contribution in [0.25, 0.3) is 0 Å². The minimum absolute atomic E-state index is 0.267. The van der Waals surface area contributed by atoms with Crippen molar-refractivity contribution in [1.29, 1.82) is 0 Å². The minimum atomic E-state index is -0.533. The van der Waals surface area contributed by atoms with E-state index in [9.17, 15) is 5.11 Å². The van der Waals surface area contributed by atoms with Crippen LogP contribution in [-0.2, 0) is 17.9 Å².